The van der Waals surface area contributed by atoms with E-state index in [0.717, 1.165) is 17.8 Å². The molecule has 2 aliphatic rings. The zero-order valence-corrected chi connectivity index (χ0v) is 21.7. The molecule has 1 aromatic heterocycles. The molecule has 1 amide bonds. The number of ether oxygens (including phenoxy) is 1. The summed E-state index contributed by atoms with van der Waals surface area (Å²) >= 11 is 1.22. The number of hydrazone groups is 1. The number of alkyl halides is 3. The number of hydrogen-bond donors (Lipinski definition) is 3. The van der Waals surface area contributed by atoms with E-state index in [4.69, 9.17) is 4.74 Å². The summed E-state index contributed by atoms with van der Waals surface area (Å²) in [7, 11) is 3.23. The molecule has 2 unspecified atom stereocenters. The van der Waals surface area contributed by atoms with Crippen LogP contribution >= 0.6 is 11.8 Å². The lowest BCUT2D eigenvalue weighted by Crippen LogP contribution is -2.33. The third-order valence-electron chi connectivity index (χ3n) is 5.16. The van der Waals surface area contributed by atoms with Crippen LogP contribution in [0.5, 0.6) is 5.75 Å². The lowest BCUT2D eigenvalue weighted by Gasteiger charge is -2.15. The fourth-order valence-corrected chi connectivity index (χ4v) is 4.21. The van der Waals surface area contributed by atoms with Gasteiger partial charge in [0.1, 0.15) is 11.8 Å². The van der Waals surface area contributed by atoms with Gasteiger partial charge in [0, 0.05) is 36.3 Å². The van der Waals surface area contributed by atoms with E-state index in [1.54, 1.807) is 0 Å². The van der Waals surface area contributed by atoms with Gasteiger partial charge in [0.05, 0.1) is 18.2 Å². The Hall–Kier alpha value is -3.69. The maximum Gasteiger partial charge on any atom is 0.416 e. The second-order valence-corrected chi connectivity index (χ2v) is 8.73. The number of benzene rings is 1. The third kappa shape index (κ3) is 6.75. The molecule has 0 fully saturated rings. The molecule has 37 heavy (non-hydrogen) atoms. The standard InChI is InChI=1S/C23H21F3N6O2S.C2H6/c1-13-10-15(32(2)31-13)5-7-20-29-30-22(35-20)28-21(33)16-8-9-27-12-18(16)17-11-14(23(24,25)26)4-6-19(17)34-3;1-2/h4,6,8-12,15,20,29,31H,1-3H3,(H,28,30,33);1-2H3. The van der Waals surface area contributed by atoms with E-state index in [2.05, 4.69) is 38.1 Å². The van der Waals surface area contributed by atoms with Gasteiger partial charge in [-0.05, 0) is 49.0 Å². The SMILES string of the molecule is CC.COc1ccc(C(F)(F)F)cc1-c1cnccc1C(=O)NC1=NNC(C#CC2C=C(C)NN2C)S1. The second-order valence-electron chi connectivity index (χ2n) is 7.64. The lowest BCUT2D eigenvalue weighted by molar-refractivity contribution is -0.137. The van der Waals surface area contributed by atoms with E-state index in [1.807, 2.05) is 38.9 Å². The van der Waals surface area contributed by atoms with Crippen LogP contribution in [0.4, 0.5) is 13.2 Å². The molecule has 0 radical (unpaired) electrons. The van der Waals surface area contributed by atoms with Crippen LogP contribution in [0, 0.1) is 11.8 Å². The lowest BCUT2D eigenvalue weighted by atomic mass is 9.98. The van der Waals surface area contributed by atoms with Gasteiger partial charge < -0.3 is 10.2 Å². The van der Waals surface area contributed by atoms with Crippen LogP contribution in [0.2, 0.25) is 0 Å². The number of carbonyl (C=O) groups excluding carboxylic acids is 1. The highest BCUT2D eigenvalue weighted by molar-refractivity contribution is 8.14. The van der Waals surface area contributed by atoms with Crippen LogP contribution in [-0.2, 0) is 6.18 Å². The second kappa shape index (κ2) is 12.0. The summed E-state index contributed by atoms with van der Waals surface area (Å²) in [4.78, 5) is 17.0. The number of allylic oxidation sites excluding steroid dienone is 1. The molecule has 0 spiro atoms. The number of amides is 1. The fraction of sp³-hybridized carbons (Fsp3) is 0.320. The third-order valence-corrected chi connectivity index (χ3v) is 6.03. The number of thioether (sulfide) groups is 1. The Morgan fingerprint density at radius 3 is 2.62 bits per heavy atom. The summed E-state index contributed by atoms with van der Waals surface area (Å²) in [5.74, 6) is 5.82. The molecule has 2 aliphatic heterocycles. The predicted octanol–water partition coefficient (Wildman–Crippen LogP) is 4.19. The summed E-state index contributed by atoms with van der Waals surface area (Å²) in [6.45, 7) is 5.94. The fourth-order valence-electron chi connectivity index (χ4n) is 3.50. The number of nitrogens with one attached hydrogen (secondary N) is 3. The van der Waals surface area contributed by atoms with Crippen molar-refractivity contribution in [3.63, 3.8) is 0 Å². The molecule has 0 bridgehead atoms. The van der Waals surface area contributed by atoms with Gasteiger partial charge in [-0.15, -0.1) is 0 Å². The summed E-state index contributed by atoms with van der Waals surface area (Å²) in [5, 5.41) is 8.58. The Morgan fingerprint density at radius 1 is 1.22 bits per heavy atom. The van der Waals surface area contributed by atoms with Crippen molar-refractivity contribution in [2.45, 2.75) is 38.4 Å². The number of pyridine rings is 1. The Kier molecular flexibility index (Phi) is 9.07. The van der Waals surface area contributed by atoms with Gasteiger partial charge in [-0.3, -0.25) is 20.5 Å². The molecule has 2 atom stereocenters. The largest absolute Gasteiger partial charge is 0.496 e. The number of rotatable bonds is 3. The minimum Gasteiger partial charge on any atom is -0.496 e. The Labute approximate surface area is 217 Å². The average molecular weight is 533 g/mol. The molecule has 0 saturated heterocycles. The molecule has 3 N–H and O–H groups in total. The van der Waals surface area contributed by atoms with Crippen molar-refractivity contribution >= 4 is 22.8 Å². The Morgan fingerprint density at radius 2 is 1.97 bits per heavy atom. The first-order chi connectivity index (χ1) is 17.7. The molecule has 2 aromatic rings. The van der Waals surface area contributed by atoms with Crippen LogP contribution in [0.3, 0.4) is 0 Å². The summed E-state index contributed by atoms with van der Waals surface area (Å²) in [5.41, 5.74) is 6.54. The smallest absolute Gasteiger partial charge is 0.416 e. The molecule has 4 rings (SSSR count). The van der Waals surface area contributed by atoms with Gasteiger partial charge in [0.15, 0.2) is 10.5 Å². The number of nitrogens with zero attached hydrogens (tertiary/aromatic N) is 3. The highest BCUT2D eigenvalue weighted by Gasteiger charge is 2.32. The van der Waals surface area contributed by atoms with E-state index in [9.17, 15) is 18.0 Å². The molecule has 8 nitrogen and oxygen atoms in total. The van der Waals surface area contributed by atoms with Gasteiger partial charge in [-0.1, -0.05) is 25.7 Å². The van der Waals surface area contributed by atoms with E-state index in [1.165, 1.54) is 43.4 Å². The first-order valence-electron chi connectivity index (χ1n) is 11.4. The first kappa shape index (κ1) is 27.9. The highest BCUT2D eigenvalue weighted by Crippen LogP contribution is 2.38. The number of carbonyl (C=O) groups is 1. The van der Waals surface area contributed by atoms with Crippen molar-refractivity contribution < 1.29 is 22.7 Å². The number of methoxy groups -OCH3 is 1. The van der Waals surface area contributed by atoms with Crippen molar-refractivity contribution in [1.29, 1.82) is 0 Å². The highest BCUT2D eigenvalue weighted by atomic mass is 32.2. The van der Waals surface area contributed by atoms with Crippen molar-refractivity contribution in [1.82, 2.24) is 26.2 Å². The number of amidine groups is 1. The molecule has 196 valence electrons. The van der Waals surface area contributed by atoms with Crippen LogP contribution in [0.15, 0.2) is 53.5 Å². The van der Waals surface area contributed by atoms with Crippen LogP contribution in [-0.4, -0.2) is 46.6 Å². The zero-order chi connectivity index (χ0) is 27.2. The van der Waals surface area contributed by atoms with E-state index < -0.39 is 17.6 Å². The first-order valence-corrected chi connectivity index (χ1v) is 12.2. The molecule has 3 heterocycles. The number of halogens is 3. The van der Waals surface area contributed by atoms with Gasteiger partial charge in [-0.25, -0.2) is 5.01 Å². The summed E-state index contributed by atoms with van der Waals surface area (Å²) in [6, 6.07) is 4.41. The molecule has 0 aliphatic carbocycles. The van der Waals surface area contributed by atoms with Crippen molar-refractivity contribution in [3.8, 4) is 28.7 Å². The minimum absolute atomic E-state index is 0.0853. The molecular formula is C25H27F3N6O2S. The Bertz CT molecular complexity index is 1270. The zero-order valence-electron chi connectivity index (χ0n) is 20.9. The van der Waals surface area contributed by atoms with Gasteiger partial charge in [0.25, 0.3) is 5.91 Å². The number of hydrogen-bond acceptors (Lipinski definition) is 8. The summed E-state index contributed by atoms with van der Waals surface area (Å²) in [6.07, 6.45) is 0.143. The molecular weight excluding hydrogens is 505 g/mol. The topological polar surface area (TPSA) is 90.9 Å². The maximum absolute atomic E-state index is 13.3. The van der Waals surface area contributed by atoms with Crippen molar-refractivity contribution in [2.24, 2.45) is 5.10 Å². The number of hydrazine groups is 1. The summed E-state index contributed by atoms with van der Waals surface area (Å²) < 4.78 is 45.2. The molecule has 1 aromatic carbocycles. The van der Waals surface area contributed by atoms with Crippen molar-refractivity contribution in [3.05, 3.63) is 59.6 Å². The van der Waals surface area contributed by atoms with E-state index in [-0.39, 0.29) is 39.0 Å². The van der Waals surface area contributed by atoms with Crippen molar-refractivity contribution in [2.75, 3.05) is 14.2 Å². The maximum atomic E-state index is 13.3. The van der Waals surface area contributed by atoms with Gasteiger partial charge in [-0.2, -0.15) is 18.3 Å². The number of aromatic nitrogens is 1. The minimum atomic E-state index is -4.56. The van der Waals surface area contributed by atoms with E-state index in [0.29, 0.717) is 0 Å². The van der Waals surface area contributed by atoms with Crippen LogP contribution in [0.1, 0.15) is 36.7 Å². The van der Waals surface area contributed by atoms with Gasteiger partial charge in [0.2, 0.25) is 0 Å². The monoisotopic (exact) mass is 532 g/mol. The van der Waals surface area contributed by atoms with Gasteiger partial charge >= 0.3 is 6.18 Å². The quantitative estimate of drug-likeness (QED) is 0.511. The normalized spacial score (nSPS) is 18.7. The van der Waals surface area contributed by atoms with Crippen LogP contribution < -0.4 is 20.9 Å². The average Bonchev–Trinajstić information content (AvgIpc) is 3.47. The van der Waals surface area contributed by atoms with E-state index >= 15 is 0 Å². The molecule has 12 heteroatoms. The molecule has 0 saturated carbocycles. The van der Waals surface area contributed by atoms with Crippen LogP contribution in [0.25, 0.3) is 11.1 Å². The predicted molar refractivity (Wildman–Crippen MR) is 138 cm³/mol. The Balaban J connectivity index is 0.00000186. The number of likely N-dealkylation sites (N-methyl/N-ethyl adjacent to an activating group) is 1.